The number of rotatable bonds is 5. The van der Waals surface area contributed by atoms with Crippen LogP contribution in [0.5, 0.6) is 11.5 Å². The Hall–Kier alpha value is -0.600. The first-order valence-electron chi connectivity index (χ1n) is 6.76. The highest BCUT2D eigenvalue weighted by Gasteiger charge is 2.26. The van der Waals surface area contributed by atoms with Crippen LogP contribution in [-0.2, 0) is 0 Å². The van der Waals surface area contributed by atoms with Crippen LogP contribution in [0.15, 0.2) is 12.1 Å². The minimum Gasteiger partial charge on any atom is -0.495 e. The predicted molar refractivity (Wildman–Crippen MR) is 86.4 cm³/mol. The molecule has 114 valence electrons. The molecule has 4 heteroatoms. The summed E-state index contributed by atoms with van der Waals surface area (Å²) < 4.78 is 10.6. The van der Waals surface area contributed by atoms with Crippen molar-refractivity contribution in [3.05, 3.63) is 22.7 Å². The van der Waals surface area contributed by atoms with E-state index in [2.05, 4.69) is 27.7 Å². The van der Waals surface area contributed by atoms with Gasteiger partial charge >= 0.3 is 0 Å². The van der Waals surface area contributed by atoms with E-state index < -0.39 is 0 Å². The molecule has 0 amide bonds. The van der Waals surface area contributed by atoms with Crippen molar-refractivity contribution in [1.29, 1.82) is 0 Å². The van der Waals surface area contributed by atoms with Crippen LogP contribution < -0.4 is 9.47 Å². The van der Waals surface area contributed by atoms with E-state index in [-0.39, 0.29) is 10.8 Å². The third kappa shape index (κ3) is 3.95. The zero-order valence-electron chi connectivity index (χ0n) is 13.1. The second kappa shape index (κ2) is 6.91. The second-order valence-corrected chi connectivity index (χ2v) is 7.08. The van der Waals surface area contributed by atoms with Crippen molar-refractivity contribution >= 4 is 23.2 Å². The third-order valence-corrected chi connectivity index (χ3v) is 4.66. The monoisotopic (exact) mass is 318 g/mol. The highest BCUT2D eigenvalue weighted by molar-refractivity contribution is 6.34. The number of hydrogen-bond donors (Lipinski definition) is 0. The molecule has 0 aromatic heterocycles. The fourth-order valence-electron chi connectivity index (χ4n) is 1.96. The first kappa shape index (κ1) is 17.5. The zero-order valence-corrected chi connectivity index (χ0v) is 14.6. The molecule has 0 heterocycles. The molecule has 0 fully saturated rings. The van der Waals surface area contributed by atoms with Gasteiger partial charge in [-0.15, -0.1) is 11.6 Å². The van der Waals surface area contributed by atoms with Crippen molar-refractivity contribution in [3.63, 3.8) is 0 Å². The van der Waals surface area contributed by atoms with Gasteiger partial charge in [-0.1, -0.05) is 45.4 Å². The van der Waals surface area contributed by atoms with Crippen molar-refractivity contribution < 1.29 is 9.47 Å². The smallest absolute Gasteiger partial charge is 0.145 e. The highest BCUT2D eigenvalue weighted by Crippen LogP contribution is 2.44. The molecular weight excluding hydrogens is 295 g/mol. The first-order chi connectivity index (χ1) is 9.22. The maximum atomic E-state index is 6.58. The molecule has 1 aromatic carbocycles. The molecule has 0 spiro atoms. The number of methoxy groups -OCH3 is 2. The Bertz CT molecular complexity index is 453. The molecular formula is C16H24Cl2O2. The fourth-order valence-corrected chi connectivity index (χ4v) is 2.72. The molecule has 0 saturated carbocycles. The van der Waals surface area contributed by atoms with Gasteiger partial charge in [0.1, 0.15) is 16.5 Å². The number of hydrogen-bond acceptors (Lipinski definition) is 2. The summed E-state index contributed by atoms with van der Waals surface area (Å²) in [5.41, 5.74) is 1.13. The molecule has 0 bridgehead atoms. The van der Waals surface area contributed by atoms with Gasteiger partial charge < -0.3 is 9.47 Å². The van der Waals surface area contributed by atoms with Gasteiger partial charge in [-0.3, -0.25) is 0 Å². The van der Waals surface area contributed by atoms with Crippen LogP contribution >= 0.6 is 23.2 Å². The summed E-state index contributed by atoms with van der Waals surface area (Å²) in [7, 11) is 3.18. The van der Waals surface area contributed by atoms with Gasteiger partial charge in [-0.2, -0.15) is 0 Å². The van der Waals surface area contributed by atoms with E-state index in [4.69, 9.17) is 32.7 Å². The Labute approximate surface area is 132 Å². The average Bonchev–Trinajstić information content (AvgIpc) is 2.36. The Morgan fingerprint density at radius 1 is 1.15 bits per heavy atom. The van der Waals surface area contributed by atoms with E-state index in [0.29, 0.717) is 22.4 Å². The third-order valence-electron chi connectivity index (χ3n) is 3.89. The minimum absolute atomic E-state index is 0.136. The molecule has 2 unspecified atom stereocenters. The Balaban J connectivity index is 3.04. The Morgan fingerprint density at radius 2 is 1.75 bits per heavy atom. The standard InChI is InChI=1S/C16H24Cl2O2/c1-10(16(2,3)4)9-12(17)11-7-8-13(19-5)14(18)15(11)20-6/h7-8,10,12H,9H2,1-6H3. The van der Waals surface area contributed by atoms with Crippen molar-refractivity contribution in [1.82, 2.24) is 0 Å². The lowest BCUT2D eigenvalue weighted by molar-refractivity contribution is 0.244. The molecule has 0 aliphatic rings. The maximum absolute atomic E-state index is 6.58. The van der Waals surface area contributed by atoms with Gasteiger partial charge in [0.2, 0.25) is 0 Å². The molecule has 2 nitrogen and oxygen atoms in total. The van der Waals surface area contributed by atoms with E-state index in [1.807, 2.05) is 12.1 Å². The van der Waals surface area contributed by atoms with E-state index in [1.165, 1.54) is 0 Å². The van der Waals surface area contributed by atoms with Gasteiger partial charge in [-0.25, -0.2) is 0 Å². The van der Waals surface area contributed by atoms with Crippen LogP contribution in [0.4, 0.5) is 0 Å². The molecule has 0 radical (unpaired) electrons. The molecule has 0 aliphatic carbocycles. The molecule has 0 N–H and O–H groups in total. The summed E-state index contributed by atoms with van der Waals surface area (Å²) in [5.74, 6) is 1.68. The summed E-state index contributed by atoms with van der Waals surface area (Å²) >= 11 is 12.9. The van der Waals surface area contributed by atoms with Crippen molar-refractivity contribution in [3.8, 4) is 11.5 Å². The van der Waals surface area contributed by atoms with Crippen LogP contribution in [0.1, 0.15) is 45.1 Å². The molecule has 2 atom stereocenters. The second-order valence-electron chi connectivity index (χ2n) is 6.17. The first-order valence-corrected chi connectivity index (χ1v) is 7.58. The molecule has 1 aromatic rings. The van der Waals surface area contributed by atoms with E-state index in [0.717, 1.165) is 12.0 Å². The zero-order chi connectivity index (χ0) is 15.5. The SMILES string of the molecule is COc1ccc(C(Cl)CC(C)C(C)(C)C)c(OC)c1Cl. The normalized spacial score (nSPS) is 14.8. The number of alkyl halides is 1. The van der Waals surface area contributed by atoms with Gasteiger partial charge in [0.15, 0.2) is 0 Å². The van der Waals surface area contributed by atoms with Gasteiger partial charge in [0.05, 0.1) is 19.6 Å². The number of ether oxygens (including phenoxy) is 2. The molecule has 20 heavy (non-hydrogen) atoms. The van der Waals surface area contributed by atoms with Crippen molar-refractivity contribution in [2.75, 3.05) is 14.2 Å². The minimum atomic E-state index is -0.136. The fraction of sp³-hybridized carbons (Fsp3) is 0.625. The lowest BCUT2D eigenvalue weighted by atomic mass is 9.79. The van der Waals surface area contributed by atoms with Crippen LogP contribution in [-0.4, -0.2) is 14.2 Å². The average molecular weight is 319 g/mol. The highest BCUT2D eigenvalue weighted by atomic mass is 35.5. The molecule has 0 aliphatic heterocycles. The van der Waals surface area contributed by atoms with Gasteiger partial charge in [0.25, 0.3) is 0 Å². The van der Waals surface area contributed by atoms with Crippen LogP contribution in [0, 0.1) is 11.3 Å². The lowest BCUT2D eigenvalue weighted by Gasteiger charge is -2.29. The van der Waals surface area contributed by atoms with Crippen LogP contribution in [0.25, 0.3) is 0 Å². The summed E-state index contributed by atoms with van der Waals surface area (Å²) in [6.07, 6.45) is 0.865. The summed E-state index contributed by atoms with van der Waals surface area (Å²) in [6.45, 7) is 8.88. The van der Waals surface area contributed by atoms with Crippen molar-refractivity contribution in [2.24, 2.45) is 11.3 Å². The Morgan fingerprint density at radius 3 is 2.20 bits per heavy atom. The van der Waals surface area contributed by atoms with Gasteiger partial charge in [-0.05, 0) is 23.8 Å². The quantitative estimate of drug-likeness (QED) is 0.647. The van der Waals surface area contributed by atoms with Crippen LogP contribution in [0.3, 0.4) is 0 Å². The van der Waals surface area contributed by atoms with E-state index >= 15 is 0 Å². The predicted octanol–water partition coefficient (Wildman–Crippen LogP) is 5.71. The maximum Gasteiger partial charge on any atom is 0.145 e. The molecule has 1 rings (SSSR count). The summed E-state index contributed by atoms with van der Waals surface area (Å²) in [5, 5.41) is 0.337. The largest absolute Gasteiger partial charge is 0.495 e. The van der Waals surface area contributed by atoms with E-state index in [1.54, 1.807) is 14.2 Å². The van der Waals surface area contributed by atoms with Crippen LogP contribution in [0.2, 0.25) is 5.02 Å². The topological polar surface area (TPSA) is 18.5 Å². The number of benzene rings is 1. The number of halogens is 2. The lowest BCUT2D eigenvalue weighted by Crippen LogP contribution is -2.18. The summed E-state index contributed by atoms with van der Waals surface area (Å²) in [6, 6.07) is 3.76. The van der Waals surface area contributed by atoms with Crippen molar-refractivity contribution in [2.45, 2.75) is 39.5 Å². The Kier molecular flexibility index (Phi) is 6.03. The molecule has 0 saturated heterocycles. The van der Waals surface area contributed by atoms with Gasteiger partial charge in [0, 0.05) is 5.56 Å². The van der Waals surface area contributed by atoms with E-state index in [9.17, 15) is 0 Å². The summed E-state index contributed by atoms with van der Waals surface area (Å²) in [4.78, 5) is 0.